The first-order chi connectivity index (χ1) is 14.2. The van der Waals surface area contributed by atoms with Gasteiger partial charge in [0.2, 0.25) is 5.91 Å². The normalized spacial score (nSPS) is 14.6. The van der Waals surface area contributed by atoms with E-state index in [4.69, 9.17) is 4.74 Å². The van der Waals surface area contributed by atoms with E-state index in [2.05, 4.69) is 41.4 Å². The van der Waals surface area contributed by atoms with Crippen molar-refractivity contribution in [1.29, 1.82) is 0 Å². The predicted octanol–water partition coefficient (Wildman–Crippen LogP) is 4.67. The van der Waals surface area contributed by atoms with Crippen LogP contribution >= 0.6 is 0 Å². The van der Waals surface area contributed by atoms with Crippen molar-refractivity contribution in [3.05, 3.63) is 84.2 Å². The van der Waals surface area contributed by atoms with Crippen molar-refractivity contribution < 1.29 is 9.53 Å². The monoisotopic (exact) mass is 386 g/mol. The number of likely N-dealkylation sites (tertiary alicyclic amines) is 1. The van der Waals surface area contributed by atoms with Crippen molar-refractivity contribution in [1.82, 2.24) is 9.88 Å². The van der Waals surface area contributed by atoms with E-state index >= 15 is 0 Å². The maximum Gasteiger partial charge on any atom is 0.226 e. The molecule has 1 saturated heterocycles. The molecule has 4 rings (SSSR count). The molecule has 2 aromatic carbocycles. The fourth-order valence-electron chi connectivity index (χ4n) is 3.67. The highest BCUT2D eigenvalue weighted by molar-refractivity contribution is 5.79. The summed E-state index contributed by atoms with van der Waals surface area (Å²) >= 11 is 0. The highest BCUT2D eigenvalue weighted by Gasteiger charge is 2.24. The standard InChI is InChI=1S/C25H26N2O2/c1-19-7-12-24(18-26-19)29-23-13-15-27(16-14-23)25(28)17-20-8-10-22(11-9-20)21-5-3-2-4-6-21/h2-12,18,23H,13-17H2,1H3. The summed E-state index contributed by atoms with van der Waals surface area (Å²) in [6.45, 7) is 3.44. The van der Waals surface area contributed by atoms with Gasteiger partial charge in [-0.2, -0.15) is 0 Å². The lowest BCUT2D eigenvalue weighted by atomic mass is 10.0. The van der Waals surface area contributed by atoms with Crippen LogP contribution in [0.3, 0.4) is 0 Å². The first-order valence-electron chi connectivity index (χ1n) is 10.2. The van der Waals surface area contributed by atoms with E-state index in [0.29, 0.717) is 6.42 Å². The number of amides is 1. The summed E-state index contributed by atoms with van der Waals surface area (Å²) in [4.78, 5) is 18.9. The largest absolute Gasteiger partial charge is 0.489 e. The zero-order valence-electron chi connectivity index (χ0n) is 16.8. The summed E-state index contributed by atoms with van der Waals surface area (Å²) in [7, 11) is 0. The Kier molecular flexibility index (Phi) is 5.89. The number of rotatable bonds is 5. The molecule has 0 saturated carbocycles. The summed E-state index contributed by atoms with van der Waals surface area (Å²) < 4.78 is 6.01. The first-order valence-corrected chi connectivity index (χ1v) is 10.2. The van der Waals surface area contributed by atoms with E-state index in [1.807, 2.05) is 42.2 Å². The van der Waals surface area contributed by atoms with Crippen LogP contribution in [0.25, 0.3) is 11.1 Å². The molecule has 0 aliphatic carbocycles. The lowest BCUT2D eigenvalue weighted by Gasteiger charge is -2.32. The summed E-state index contributed by atoms with van der Waals surface area (Å²) in [5.74, 6) is 0.992. The molecule has 1 aliphatic heterocycles. The fraction of sp³-hybridized carbons (Fsp3) is 0.280. The van der Waals surface area contributed by atoms with Gasteiger partial charge in [-0.15, -0.1) is 0 Å². The Labute approximate surface area is 172 Å². The van der Waals surface area contributed by atoms with Gasteiger partial charge in [0, 0.05) is 31.6 Å². The lowest BCUT2D eigenvalue weighted by Crippen LogP contribution is -2.42. The van der Waals surface area contributed by atoms with Gasteiger partial charge in [0.15, 0.2) is 0 Å². The molecule has 1 aliphatic rings. The Morgan fingerprint density at radius 3 is 2.31 bits per heavy atom. The van der Waals surface area contributed by atoms with Crippen LogP contribution in [0.1, 0.15) is 24.1 Å². The second kappa shape index (κ2) is 8.91. The van der Waals surface area contributed by atoms with E-state index < -0.39 is 0 Å². The summed E-state index contributed by atoms with van der Waals surface area (Å²) in [5, 5.41) is 0. The maximum atomic E-state index is 12.7. The van der Waals surface area contributed by atoms with Crippen LogP contribution in [0, 0.1) is 6.92 Å². The first kappa shape index (κ1) is 19.2. The highest BCUT2D eigenvalue weighted by Crippen LogP contribution is 2.21. The van der Waals surface area contributed by atoms with Gasteiger partial charge in [-0.05, 0) is 35.7 Å². The molecule has 1 fully saturated rings. The second-order valence-electron chi connectivity index (χ2n) is 7.57. The Morgan fingerprint density at radius 1 is 0.966 bits per heavy atom. The quantitative estimate of drug-likeness (QED) is 0.640. The molecule has 3 aromatic rings. The Bertz CT molecular complexity index is 929. The van der Waals surface area contributed by atoms with Gasteiger partial charge in [0.05, 0.1) is 12.6 Å². The average Bonchev–Trinajstić information content (AvgIpc) is 2.77. The van der Waals surface area contributed by atoms with Gasteiger partial charge < -0.3 is 9.64 Å². The van der Waals surface area contributed by atoms with Crippen LogP contribution in [0.4, 0.5) is 0 Å². The van der Waals surface area contributed by atoms with Crippen molar-refractivity contribution in [3.63, 3.8) is 0 Å². The molecule has 148 valence electrons. The van der Waals surface area contributed by atoms with E-state index in [9.17, 15) is 4.79 Å². The molecule has 2 heterocycles. The number of aryl methyl sites for hydroxylation is 1. The SMILES string of the molecule is Cc1ccc(OC2CCN(C(=O)Cc3ccc(-c4ccccc4)cc3)CC2)cn1. The molecule has 4 nitrogen and oxygen atoms in total. The number of carbonyl (C=O) groups excluding carboxylic acids is 1. The van der Waals surface area contributed by atoms with Gasteiger partial charge in [-0.1, -0.05) is 54.6 Å². The molecular formula is C25H26N2O2. The van der Waals surface area contributed by atoms with Gasteiger partial charge in [-0.3, -0.25) is 9.78 Å². The zero-order chi connectivity index (χ0) is 20.1. The van der Waals surface area contributed by atoms with Crippen LogP contribution in [-0.2, 0) is 11.2 Å². The smallest absolute Gasteiger partial charge is 0.226 e. The third-order valence-corrected chi connectivity index (χ3v) is 5.40. The van der Waals surface area contributed by atoms with E-state index in [0.717, 1.165) is 42.9 Å². The minimum absolute atomic E-state index is 0.147. The molecule has 0 spiro atoms. The summed E-state index contributed by atoms with van der Waals surface area (Å²) in [5.41, 5.74) is 4.40. The molecule has 1 aromatic heterocycles. The van der Waals surface area contributed by atoms with Gasteiger partial charge in [-0.25, -0.2) is 0 Å². The van der Waals surface area contributed by atoms with E-state index in [1.54, 1.807) is 6.20 Å². The van der Waals surface area contributed by atoms with Crippen LogP contribution in [0.5, 0.6) is 5.75 Å². The summed E-state index contributed by atoms with van der Waals surface area (Å²) in [6, 6.07) is 22.5. The number of pyridine rings is 1. The van der Waals surface area contributed by atoms with Gasteiger partial charge in [0.1, 0.15) is 11.9 Å². The second-order valence-corrected chi connectivity index (χ2v) is 7.57. The molecule has 0 N–H and O–H groups in total. The van der Waals surface area contributed by atoms with Crippen LogP contribution in [-0.4, -0.2) is 35.0 Å². The Morgan fingerprint density at radius 2 is 1.66 bits per heavy atom. The third-order valence-electron chi connectivity index (χ3n) is 5.40. The number of hydrogen-bond donors (Lipinski definition) is 0. The Balaban J connectivity index is 1.28. The molecule has 0 radical (unpaired) electrons. The van der Waals surface area contributed by atoms with E-state index in [-0.39, 0.29) is 12.0 Å². The molecule has 0 atom stereocenters. The van der Waals surface area contributed by atoms with Crippen molar-refractivity contribution in [2.24, 2.45) is 0 Å². The number of carbonyl (C=O) groups is 1. The van der Waals surface area contributed by atoms with Gasteiger partial charge in [0.25, 0.3) is 0 Å². The van der Waals surface area contributed by atoms with Crippen molar-refractivity contribution >= 4 is 5.91 Å². The number of aromatic nitrogens is 1. The van der Waals surface area contributed by atoms with E-state index in [1.165, 1.54) is 11.1 Å². The predicted molar refractivity (Wildman–Crippen MR) is 115 cm³/mol. The molecule has 1 amide bonds. The minimum atomic E-state index is 0.147. The fourth-order valence-corrected chi connectivity index (χ4v) is 3.67. The number of nitrogens with zero attached hydrogens (tertiary/aromatic N) is 2. The number of ether oxygens (including phenoxy) is 1. The van der Waals surface area contributed by atoms with Crippen LogP contribution in [0.2, 0.25) is 0 Å². The molecule has 0 unspecified atom stereocenters. The van der Waals surface area contributed by atoms with Crippen molar-refractivity contribution in [2.75, 3.05) is 13.1 Å². The van der Waals surface area contributed by atoms with Crippen molar-refractivity contribution in [3.8, 4) is 16.9 Å². The number of hydrogen-bond acceptors (Lipinski definition) is 3. The summed E-state index contributed by atoms with van der Waals surface area (Å²) in [6.07, 6.45) is 4.07. The average molecular weight is 386 g/mol. The van der Waals surface area contributed by atoms with Crippen molar-refractivity contribution in [2.45, 2.75) is 32.3 Å². The van der Waals surface area contributed by atoms with Gasteiger partial charge >= 0.3 is 0 Å². The van der Waals surface area contributed by atoms with Crippen LogP contribution < -0.4 is 4.74 Å². The third kappa shape index (κ3) is 5.02. The Hall–Kier alpha value is -3.14. The zero-order valence-corrected chi connectivity index (χ0v) is 16.8. The number of benzene rings is 2. The minimum Gasteiger partial charge on any atom is -0.489 e. The molecule has 29 heavy (non-hydrogen) atoms. The molecule has 0 bridgehead atoms. The molecular weight excluding hydrogens is 360 g/mol. The topological polar surface area (TPSA) is 42.4 Å². The van der Waals surface area contributed by atoms with Crippen LogP contribution in [0.15, 0.2) is 72.9 Å². The number of piperidine rings is 1. The maximum absolute atomic E-state index is 12.7. The molecule has 4 heteroatoms. The highest BCUT2D eigenvalue weighted by atomic mass is 16.5. The lowest BCUT2D eigenvalue weighted by molar-refractivity contribution is -0.132.